The first-order chi connectivity index (χ1) is 10.2. The largest absolute Gasteiger partial charge is 0.497 e. The Bertz CT molecular complexity index is 403. The van der Waals surface area contributed by atoms with Crippen molar-refractivity contribution in [2.75, 3.05) is 13.7 Å². The van der Waals surface area contributed by atoms with Gasteiger partial charge in [-0.05, 0) is 61.8 Å². The molecule has 0 saturated heterocycles. The zero-order valence-electron chi connectivity index (χ0n) is 12.6. The predicted molar refractivity (Wildman–Crippen MR) is 92.2 cm³/mol. The SMILES string of the molecule is COc1ccc(C2CCC(OCCC[SiH](Cl)Cl)CC2)cc1. The molecule has 1 aromatic carbocycles. The van der Waals surface area contributed by atoms with Gasteiger partial charge in [0.05, 0.1) is 13.2 Å². The summed E-state index contributed by atoms with van der Waals surface area (Å²) < 4.78 is 11.1. The van der Waals surface area contributed by atoms with Crippen molar-refractivity contribution in [3.05, 3.63) is 29.8 Å². The standard InChI is InChI=1S/C16H24Cl2O2Si/c1-19-15-7-3-13(4-8-15)14-5-9-16(10-6-14)20-11-2-12-21(17)18/h3-4,7-8,14,16,21H,2,5-6,9-12H2,1H3. The third kappa shape index (κ3) is 5.82. The first kappa shape index (κ1) is 17.1. The van der Waals surface area contributed by atoms with Crippen molar-refractivity contribution in [3.63, 3.8) is 0 Å². The lowest BCUT2D eigenvalue weighted by Gasteiger charge is -2.29. The van der Waals surface area contributed by atoms with Gasteiger partial charge in [0.1, 0.15) is 5.75 Å². The van der Waals surface area contributed by atoms with Gasteiger partial charge in [-0.25, -0.2) is 0 Å². The van der Waals surface area contributed by atoms with E-state index in [2.05, 4.69) is 24.3 Å². The fourth-order valence-corrected chi connectivity index (χ4v) is 4.33. The van der Waals surface area contributed by atoms with Crippen LogP contribution in [-0.4, -0.2) is 27.2 Å². The molecule has 0 bridgehead atoms. The molecule has 0 radical (unpaired) electrons. The summed E-state index contributed by atoms with van der Waals surface area (Å²) in [5, 5.41) is 0. The average Bonchev–Trinajstić information content (AvgIpc) is 2.52. The summed E-state index contributed by atoms with van der Waals surface area (Å²) in [6.07, 6.45) is 6.14. The van der Waals surface area contributed by atoms with Crippen LogP contribution >= 0.6 is 22.2 Å². The van der Waals surface area contributed by atoms with Gasteiger partial charge in [-0.3, -0.25) is 0 Å². The van der Waals surface area contributed by atoms with Crippen LogP contribution in [0.3, 0.4) is 0 Å². The third-order valence-corrected chi connectivity index (χ3v) is 6.34. The monoisotopic (exact) mass is 346 g/mol. The molecule has 1 aromatic rings. The van der Waals surface area contributed by atoms with Crippen molar-refractivity contribution in [3.8, 4) is 5.75 Å². The molecule has 2 nitrogen and oxygen atoms in total. The highest BCUT2D eigenvalue weighted by Crippen LogP contribution is 2.34. The molecule has 0 aromatic heterocycles. The highest BCUT2D eigenvalue weighted by molar-refractivity contribution is 7.33. The number of benzene rings is 1. The van der Waals surface area contributed by atoms with Crippen molar-refractivity contribution < 1.29 is 9.47 Å². The summed E-state index contributed by atoms with van der Waals surface area (Å²) in [4.78, 5) is 0. The van der Waals surface area contributed by atoms with Crippen LogP contribution in [0.2, 0.25) is 6.04 Å². The van der Waals surface area contributed by atoms with Gasteiger partial charge in [0.2, 0.25) is 7.42 Å². The van der Waals surface area contributed by atoms with E-state index in [0.717, 1.165) is 37.7 Å². The first-order valence-corrected chi connectivity index (χ1v) is 12.0. The Kier molecular flexibility index (Phi) is 7.37. The molecule has 0 amide bonds. The van der Waals surface area contributed by atoms with Crippen LogP contribution < -0.4 is 4.74 Å². The fraction of sp³-hybridized carbons (Fsp3) is 0.625. The van der Waals surface area contributed by atoms with Crippen LogP contribution in [0.4, 0.5) is 0 Å². The van der Waals surface area contributed by atoms with Crippen LogP contribution in [0, 0.1) is 0 Å². The minimum atomic E-state index is -1.45. The van der Waals surface area contributed by atoms with Crippen molar-refractivity contribution in [2.45, 2.75) is 50.2 Å². The van der Waals surface area contributed by atoms with E-state index in [-0.39, 0.29) is 0 Å². The van der Waals surface area contributed by atoms with E-state index in [4.69, 9.17) is 31.6 Å². The maximum Gasteiger partial charge on any atom is 0.237 e. The topological polar surface area (TPSA) is 18.5 Å². The quantitative estimate of drug-likeness (QED) is 0.400. The lowest BCUT2D eigenvalue weighted by Crippen LogP contribution is -2.21. The van der Waals surface area contributed by atoms with E-state index in [1.807, 2.05) is 0 Å². The van der Waals surface area contributed by atoms with Crippen LogP contribution in [0.5, 0.6) is 5.75 Å². The number of rotatable bonds is 7. The summed E-state index contributed by atoms with van der Waals surface area (Å²) in [5.74, 6) is 1.59. The summed E-state index contributed by atoms with van der Waals surface area (Å²) in [6.45, 7) is 0.806. The van der Waals surface area contributed by atoms with E-state index < -0.39 is 7.42 Å². The lowest BCUT2D eigenvalue weighted by molar-refractivity contribution is 0.0251. The predicted octanol–water partition coefficient (Wildman–Crippen LogP) is 4.83. The summed E-state index contributed by atoms with van der Waals surface area (Å²) in [7, 11) is 0.256. The molecule has 0 unspecified atom stereocenters. The Labute approximate surface area is 138 Å². The van der Waals surface area contributed by atoms with Crippen LogP contribution in [0.1, 0.15) is 43.6 Å². The fourth-order valence-electron chi connectivity index (χ4n) is 2.93. The number of hydrogen-bond acceptors (Lipinski definition) is 2. The van der Waals surface area contributed by atoms with Crippen molar-refractivity contribution in [2.24, 2.45) is 0 Å². The van der Waals surface area contributed by atoms with Gasteiger partial charge in [0.15, 0.2) is 0 Å². The van der Waals surface area contributed by atoms with Gasteiger partial charge in [-0.2, -0.15) is 22.2 Å². The maximum absolute atomic E-state index is 5.94. The molecule has 0 N–H and O–H groups in total. The Balaban J connectivity index is 1.70. The van der Waals surface area contributed by atoms with Crippen LogP contribution in [0.25, 0.3) is 0 Å². The Morgan fingerprint density at radius 3 is 2.33 bits per heavy atom. The molecule has 118 valence electrons. The van der Waals surface area contributed by atoms with E-state index >= 15 is 0 Å². The van der Waals surface area contributed by atoms with Crippen molar-refractivity contribution >= 4 is 29.6 Å². The minimum Gasteiger partial charge on any atom is -0.497 e. The van der Waals surface area contributed by atoms with Gasteiger partial charge in [-0.1, -0.05) is 12.1 Å². The van der Waals surface area contributed by atoms with Crippen LogP contribution in [0.15, 0.2) is 24.3 Å². The zero-order chi connectivity index (χ0) is 15.1. The van der Waals surface area contributed by atoms with Gasteiger partial charge in [-0.15, -0.1) is 0 Å². The Morgan fingerprint density at radius 2 is 1.76 bits per heavy atom. The molecular formula is C16H24Cl2O2Si. The molecule has 5 heteroatoms. The molecule has 0 spiro atoms. The maximum atomic E-state index is 5.94. The van der Waals surface area contributed by atoms with Gasteiger partial charge in [0, 0.05) is 6.61 Å². The van der Waals surface area contributed by atoms with Crippen LogP contribution in [-0.2, 0) is 4.74 Å². The van der Waals surface area contributed by atoms with Crippen molar-refractivity contribution in [1.29, 1.82) is 0 Å². The van der Waals surface area contributed by atoms with E-state index in [9.17, 15) is 0 Å². The summed E-state index contributed by atoms with van der Waals surface area (Å²) in [5.41, 5.74) is 1.42. The molecule has 1 aliphatic carbocycles. The second kappa shape index (κ2) is 9.04. The highest BCUT2D eigenvalue weighted by Gasteiger charge is 2.22. The Morgan fingerprint density at radius 1 is 1.10 bits per heavy atom. The molecular weight excluding hydrogens is 323 g/mol. The first-order valence-electron chi connectivity index (χ1n) is 7.72. The van der Waals surface area contributed by atoms with E-state index in [1.54, 1.807) is 7.11 Å². The average molecular weight is 347 g/mol. The number of hydrogen-bond donors (Lipinski definition) is 0. The minimum absolute atomic E-state index is 0.422. The zero-order valence-corrected chi connectivity index (χ0v) is 15.2. The smallest absolute Gasteiger partial charge is 0.237 e. The number of ether oxygens (including phenoxy) is 2. The molecule has 21 heavy (non-hydrogen) atoms. The molecule has 0 atom stereocenters. The van der Waals surface area contributed by atoms with Crippen molar-refractivity contribution in [1.82, 2.24) is 0 Å². The molecule has 0 heterocycles. The summed E-state index contributed by atoms with van der Waals surface area (Å²) in [6, 6.07) is 9.43. The molecule has 1 saturated carbocycles. The molecule has 2 rings (SSSR count). The second-order valence-electron chi connectivity index (χ2n) is 5.65. The Hall–Kier alpha value is -0.223. The van der Waals surface area contributed by atoms with Gasteiger partial charge < -0.3 is 9.47 Å². The molecule has 0 aliphatic heterocycles. The van der Waals surface area contributed by atoms with E-state index in [1.165, 1.54) is 18.4 Å². The second-order valence-corrected chi connectivity index (χ2v) is 10.8. The lowest BCUT2D eigenvalue weighted by atomic mass is 9.83. The number of halogens is 2. The normalized spacial score (nSPS) is 22.5. The summed E-state index contributed by atoms with van der Waals surface area (Å²) >= 11 is 11.7. The highest BCUT2D eigenvalue weighted by atomic mass is 35.7. The number of methoxy groups -OCH3 is 1. The molecule has 1 aliphatic rings. The molecule has 1 fully saturated rings. The van der Waals surface area contributed by atoms with Gasteiger partial charge in [0.25, 0.3) is 0 Å². The van der Waals surface area contributed by atoms with E-state index in [0.29, 0.717) is 12.0 Å². The third-order valence-electron chi connectivity index (χ3n) is 4.18. The van der Waals surface area contributed by atoms with Gasteiger partial charge >= 0.3 is 0 Å².